The summed E-state index contributed by atoms with van der Waals surface area (Å²) in [6, 6.07) is 6.93. The summed E-state index contributed by atoms with van der Waals surface area (Å²) in [6.07, 6.45) is 1.54. The van der Waals surface area contributed by atoms with Crippen molar-refractivity contribution < 1.29 is 17.9 Å². The second-order valence-electron chi connectivity index (χ2n) is 4.42. The van der Waals surface area contributed by atoms with Crippen LogP contribution >= 0.6 is 0 Å². The van der Waals surface area contributed by atoms with Gasteiger partial charge in [-0.25, -0.2) is 4.98 Å². The van der Waals surface area contributed by atoms with Gasteiger partial charge in [0.1, 0.15) is 12.4 Å². The zero-order chi connectivity index (χ0) is 17.7. The van der Waals surface area contributed by atoms with Gasteiger partial charge in [-0.1, -0.05) is 18.1 Å². The number of nitrogen functional groups attached to an aromatic ring is 1. The number of halogens is 3. The minimum atomic E-state index is -4.77. The zero-order valence-corrected chi connectivity index (χ0v) is 12.1. The first kappa shape index (κ1) is 17.1. The Bertz CT molecular complexity index is 866. The summed E-state index contributed by atoms with van der Waals surface area (Å²) in [7, 11) is 0. The Morgan fingerprint density at radius 2 is 2.12 bits per heavy atom. The number of nitrogens with two attached hydrogens (primary N) is 1. The molecule has 0 saturated carbocycles. The third-order valence-corrected chi connectivity index (χ3v) is 2.75. The predicted octanol–water partition coefficient (Wildman–Crippen LogP) is 1.74. The number of ether oxygens (including phenoxy) is 1. The number of aromatic nitrogens is 2. The highest BCUT2D eigenvalue weighted by Gasteiger charge is 2.33. The van der Waals surface area contributed by atoms with E-state index in [-0.39, 0.29) is 6.61 Å². The van der Waals surface area contributed by atoms with Crippen molar-refractivity contribution in [2.75, 3.05) is 12.3 Å². The number of benzene rings is 1. The van der Waals surface area contributed by atoms with Crippen LogP contribution in [-0.2, 0) is 6.18 Å². The second-order valence-corrected chi connectivity index (χ2v) is 4.42. The maximum atomic E-state index is 12.6. The summed E-state index contributed by atoms with van der Waals surface area (Å²) < 4.78 is 43.5. The molecule has 9 heteroatoms. The second kappa shape index (κ2) is 6.87. The molecule has 1 aromatic heterocycles. The minimum absolute atomic E-state index is 0.0226. The van der Waals surface area contributed by atoms with Crippen molar-refractivity contribution in [3.8, 4) is 18.1 Å². The van der Waals surface area contributed by atoms with Gasteiger partial charge in [0, 0.05) is 11.6 Å². The lowest BCUT2D eigenvalue weighted by Crippen LogP contribution is -2.24. The molecule has 0 fully saturated rings. The van der Waals surface area contributed by atoms with Crippen LogP contribution < -0.4 is 16.0 Å². The number of para-hydroxylation sites is 1. The fraction of sp³-hybridized carbons (Fsp3) is 0.133. The van der Waals surface area contributed by atoms with E-state index in [0.29, 0.717) is 22.1 Å². The van der Waals surface area contributed by atoms with Crippen LogP contribution in [0.1, 0.15) is 11.3 Å². The zero-order valence-electron chi connectivity index (χ0n) is 12.1. The Labute approximate surface area is 134 Å². The van der Waals surface area contributed by atoms with Gasteiger partial charge in [0.15, 0.2) is 5.69 Å². The van der Waals surface area contributed by atoms with Crippen molar-refractivity contribution in [1.82, 2.24) is 9.66 Å². The molecule has 0 aliphatic rings. The number of rotatable bonds is 4. The van der Waals surface area contributed by atoms with Gasteiger partial charge in [0.25, 0.3) is 5.56 Å². The highest BCUT2D eigenvalue weighted by atomic mass is 19.4. The van der Waals surface area contributed by atoms with E-state index in [1.165, 1.54) is 6.21 Å². The average molecular weight is 336 g/mol. The van der Waals surface area contributed by atoms with Crippen molar-refractivity contribution in [3.63, 3.8) is 0 Å². The smallest absolute Gasteiger partial charge is 0.433 e. The van der Waals surface area contributed by atoms with Gasteiger partial charge in [0.05, 0.1) is 6.21 Å². The molecule has 0 spiro atoms. The molecule has 0 aliphatic heterocycles. The highest BCUT2D eigenvalue weighted by molar-refractivity contribution is 5.83. The predicted molar refractivity (Wildman–Crippen MR) is 81.7 cm³/mol. The molecule has 0 unspecified atom stereocenters. The molecular weight excluding hydrogens is 325 g/mol. The van der Waals surface area contributed by atoms with E-state index in [1.54, 1.807) is 24.3 Å². The lowest BCUT2D eigenvalue weighted by molar-refractivity contribution is -0.141. The van der Waals surface area contributed by atoms with Crippen LogP contribution in [0.15, 0.2) is 40.2 Å². The van der Waals surface area contributed by atoms with Crippen molar-refractivity contribution in [2.24, 2.45) is 5.10 Å². The van der Waals surface area contributed by atoms with Crippen LogP contribution in [0.5, 0.6) is 5.75 Å². The summed E-state index contributed by atoms with van der Waals surface area (Å²) in [5, 5.41) is 3.76. The van der Waals surface area contributed by atoms with E-state index in [2.05, 4.69) is 16.0 Å². The number of hydrogen-bond acceptors (Lipinski definition) is 5. The Morgan fingerprint density at radius 3 is 2.75 bits per heavy atom. The Hall–Kier alpha value is -3.28. The normalized spacial score (nSPS) is 11.4. The Balaban J connectivity index is 2.37. The van der Waals surface area contributed by atoms with E-state index in [1.807, 2.05) is 0 Å². The molecule has 2 rings (SSSR count). The van der Waals surface area contributed by atoms with E-state index in [9.17, 15) is 18.0 Å². The molecule has 0 bridgehead atoms. The molecule has 124 valence electrons. The largest absolute Gasteiger partial charge is 0.480 e. The number of hydrogen-bond donors (Lipinski definition) is 1. The first-order valence-electron chi connectivity index (χ1n) is 6.49. The maximum Gasteiger partial charge on any atom is 0.433 e. The topological polar surface area (TPSA) is 82.5 Å². The average Bonchev–Trinajstić information content (AvgIpc) is 2.52. The molecule has 1 aromatic carbocycles. The number of alkyl halides is 3. The van der Waals surface area contributed by atoms with E-state index < -0.39 is 23.4 Å². The molecule has 1 heterocycles. The van der Waals surface area contributed by atoms with Crippen LogP contribution in [0.2, 0.25) is 0 Å². The van der Waals surface area contributed by atoms with Gasteiger partial charge in [-0.2, -0.15) is 22.9 Å². The molecule has 2 aromatic rings. The molecule has 0 aliphatic carbocycles. The summed E-state index contributed by atoms with van der Waals surface area (Å²) >= 11 is 0. The molecule has 0 saturated heterocycles. The van der Waals surface area contributed by atoms with Crippen molar-refractivity contribution >= 4 is 12.2 Å². The molecule has 2 N–H and O–H groups in total. The molecular formula is C15H11F3N4O2. The lowest BCUT2D eigenvalue weighted by atomic mass is 10.2. The van der Waals surface area contributed by atoms with Crippen LogP contribution in [0.4, 0.5) is 19.1 Å². The van der Waals surface area contributed by atoms with Crippen molar-refractivity contribution in [3.05, 3.63) is 51.9 Å². The highest BCUT2D eigenvalue weighted by Crippen LogP contribution is 2.26. The maximum absolute atomic E-state index is 12.6. The lowest BCUT2D eigenvalue weighted by Gasteiger charge is -2.08. The third kappa shape index (κ3) is 3.92. The van der Waals surface area contributed by atoms with Gasteiger partial charge >= 0.3 is 6.18 Å². The SMILES string of the molecule is C#CCOc1ccccc1/C=N\n1c(N)nc(C(F)(F)F)cc1=O. The third-order valence-electron chi connectivity index (χ3n) is 2.75. The minimum Gasteiger partial charge on any atom is -0.480 e. The van der Waals surface area contributed by atoms with Gasteiger partial charge in [0.2, 0.25) is 5.95 Å². The number of terminal acetylenes is 1. The number of anilines is 1. The van der Waals surface area contributed by atoms with Crippen LogP contribution in [-0.4, -0.2) is 22.5 Å². The summed E-state index contributed by atoms with van der Waals surface area (Å²) in [6.45, 7) is 0.0226. The standard InChI is InChI=1S/C15H11F3N4O2/c1-2-7-24-11-6-4-3-5-10(11)9-20-22-13(23)8-12(15(16,17)18)21-14(22)19/h1,3-6,8-9H,7H2,(H2,19,21)/b20-9-. The van der Waals surface area contributed by atoms with Crippen LogP contribution in [0.25, 0.3) is 0 Å². The Morgan fingerprint density at radius 1 is 1.42 bits per heavy atom. The Kier molecular flexibility index (Phi) is 4.89. The van der Waals surface area contributed by atoms with E-state index in [0.717, 1.165) is 0 Å². The van der Waals surface area contributed by atoms with Gasteiger partial charge < -0.3 is 10.5 Å². The summed E-state index contributed by atoms with van der Waals surface area (Å²) in [4.78, 5) is 14.9. The van der Waals surface area contributed by atoms with Crippen molar-refractivity contribution in [2.45, 2.75) is 6.18 Å². The van der Waals surface area contributed by atoms with E-state index in [4.69, 9.17) is 16.9 Å². The molecule has 0 amide bonds. The molecule has 24 heavy (non-hydrogen) atoms. The first-order valence-corrected chi connectivity index (χ1v) is 6.49. The van der Waals surface area contributed by atoms with Gasteiger partial charge in [-0.05, 0) is 12.1 Å². The molecule has 0 radical (unpaired) electrons. The fourth-order valence-electron chi connectivity index (χ4n) is 1.71. The van der Waals surface area contributed by atoms with Crippen LogP contribution in [0, 0.1) is 12.3 Å². The van der Waals surface area contributed by atoms with Crippen LogP contribution in [0.3, 0.4) is 0 Å². The fourth-order valence-corrected chi connectivity index (χ4v) is 1.71. The van der Waals surface area contributed by atoms with Crippen molar-refractivity contribution in [1.29, 1.82) is 0 Å². The summed E-state index contributed by atoms with van der Waals surface area (Å²) in [5.74, 6) is 2.00. The first-order chi connectivity index (χ1) is 11.3. The molecule has 6 nitrogen and oxygen atoms in total. The molecule has 0 atom stereocenters. The number of nitrogens with zero attached hydrogens (tertiary/aromatic N) is 3. The van der Waals surface area contributed by atoms with E-state index >= 15 is 0 Å². The monoisotopic (exact) mass is 336 g/mol. The summed E-state index contributed by atoms with van der Waals surface area (Å²) in [5.41, 5.74) is 3.40. The quantitative estimate of drug-likeness (QED) is 0.681. The van der Waals surface area contributed by atoms with Gasteiger partial charge in [-0.15, -0.1) is 6.42 Å². The van der Waals surface area contributed by atoms with Gasteiger partial charge in [-0.3, -0.25) is 4.79 Å².